The first-order valence-electron chi connectivity index (χ1n) is 5.98. The molecule has 1 saturated carbocycles. The molecule has 0 aromatic carbocycles. The number of nitrogens with one attached hydrogen (secondary N) is 1. The SMILES string of the molecule is COCC1C(C(=O)OC)C1C1COC(C)(C)N1. The fourth-order valence-electron chi connectivity index (χ4n) is 2.86. The van der Waals surface area contributed by atoms with Crippen LogP contribution in [0.3, 0.4) is 0 Å². The van der Waals surface area contributed by atoms with E-state index in [-0.39, 0.29) is 35.5 Å². The van der Waals surface area contributed by atoms with Crippen molar-refractivity contribution in [2.75, 3.05) is 27.4 Å². The molecule has 0 aromatic rings. The van der Waals surface area contributed by atoms with Crippen molar-refractivity contribution < 1.29 is 19.0 Å². The summed E-state index contributed by atoms with van der Waals surface area (Å²) in [5.74, 6) is 0.338. The maximum atomic E-state index is 11.6. The molecule has 0 amide bonds. The number of carbonyl (C=O) groups is 1. The predicted molar refractivity (Wildman–Crippen MR) is 61.3 cm³/mol. The summed E-state index contributed by atoms with van der Waals surface area (Å²) in [5.41, 5.74) is -0.300. The van der Waals surface area contributed by atoms with Crippen molar-refractivity contribution in [2.24, 2.45) is 17.8 Å². The summed E-state index contributed by atoms with van der Waals surface area (Å²) in [7, 11) is 3.09. The third kappa shape index (κ3) is 2.46. The van der Waals surface area contributed by atoms with E-state index in [2.05, 4.69) is 5.32 Å². The topological polar surface area (TPSA) is 56.8 Å². The van der Waals surface area contributed by atoms with E-state index in [1.54, 1.807) is 7.11 Å². The Labute approximate surface area is 102 Å². The summed E-state index contributed by atoms with van der Waals surface area (Å²) >= 11 is 0. The van der Waals surface area contributed by atoms with Gasteiger partial charge in [-0.05, 0) is 19.8 Å². The van der Waals surface area contributed by atoms with Crippen molar-refractivity contribution in [3.05, 3.63) is 0 Å². The van der Waals surface area contributed by atoms with Crippen LogP contribution < -0.4 is 5.32 Å². The van der Waals surface area contributed by atoms with Gasteiger partial charge in [-0.2, -0.15) is 0 Å². The van der Waals surface area contributed by atoms with Crippen molar-refractivity contribution in [1.82, 2.24) is 5.32 Å². The average molecular weight is 243 g/mol. The maximum absolute atomic E-state index is 11.6. The molecule has 0 radical (unpaired) electrons. The minimum atomic E-state index is -0.300. The summed E-state index contributed by atoms with van der Waals surface area (Å²) in [6.45, 7) is 5.23. The summed E-state index contributed by atoms with van der Waals surface area (Å²) in [6, 6.07) is 0.217. The van der Waals surface area contributed by atoms with Crippen molar-refractivity contribution in [2.45, 2.75) is 25.6 Å². The summed E-state index contributed by atoms with van der Waals surface area (Å²) in [4.78, 5) is 11.6. The van der Waals surface area contributed by atoms with Crippen LogP contribution in [-0.2, 0) is 19.0 Å². The number of methoxy groups -OCH3 is 2. The van der Waals surface area contributed by atoms with Gasteiger partial charge in [-0.1, -0.05) is 0 Å². The standard InChI is InChI=1S/C12H21NO4/c1-12(2)13-8(6-17-12)9-7(5-15-3)10(9)11(14)16-4/h7-10,13H,5-6H2,1-4H3. The Balaban J connectivity index is 1.98. The van der Waals surface area contributed by atoms with E-state index in [4.69, 9.17) is 14.2 Å². The van der Waals surface area contributed by atoms with Crippen molar-refractivity contribution in [3.63, 3.8) is 0 Å². The Morgan fingerprint density at radius 2 is 2.18 bits per heavy atom. The fourth-order valence-corrected chi connectivity index (χ4v) is 2.86. The summed E-state index contributed by atoms with van der Waals surface area (Å²) in [6.07, 6.45) is 0. The number of hydrogen-bond acceptors (Lipinski definition) is 5. The van der Waals surface area contributed by atoms with Crippen LogP contribution in [0.25, 0.3) is 0 Å². The normalized spacial score (nSPS) is 39.1. The third-order valence-electron chi connectivity index (χ3n) is 3.68. The molecule has 0 bridgehead atoms. The lowest BCUT2D eigenvalue weighted by Crippen LogP contribution is -2.40. The monoisotopic (exact) mass is 243 g/mol. The molecule has 2 fully saturated rings. The summed E-state index contributed by atoms with van der Waals surface area (Å²) in [5, 5.41) is 3.40. The fraction of sp³-hybridized carbons (Fsp3) is 0.917. The average Bonchev–Trinajstić information content (AvgIpc) is 2.87. The number of ether oxygens (including phenoxy) is 3. The molecular formula is C12H21NO4. The first kappa shape index (κ1) is 12.8. The van der Waals surface area contributed by atoms with Crippen molar-refractivity contribution in [3.8, 4) is 0 Å². The van der Waals surface area contributed by atoms with Gasteiger partial charge in [0.15, 0.2) is 0 Å². The molecule has 4 atom stereocenters. The molecule has 1 aliphatic heterocycles. The van der Waals surface area contributed by atoms with Gasteiger partial charge >= 0.3 is 5.97 Å². The molecule has 5 nitrogen and oxygen atoms in total. The van der Waals surface area contributed by atoms with E-state index >= 15 is 0 Å². The number of rotatable bonds is 4. The molecule has 1 N–H and O–H groups in total. The van der Waals surface area contributed by atoms with E-state index in [0.717, 1.165) is 0 Å². The van der Waals surface area contributed by atoms with E-state index in [9.17, 15) is 4.79 Å². The smallest absolute Gasteiger partial charge is 0.309 e. The number of hydrogen-bond donors (Lipinski definition) is 1. The second-order valence-electron chi connectivity index (χ2n) is 5.32. The Kier molecular flexibility index (Phi) is 3.43. The third-order valence-corrected chi connectivity index (χ3v) is 3.68. The van der Waals surface area contributed by atoms with Crippen LogP contribution in [0.5, 0.6) is 0 Å². The molecule has 17 heavy (non-hydrogen) atoms. The molecule has 5 heteroatoms. The predicted octanol–water partition coefficient (Wildman–Crippen LogP) is 0.392. The highest BCUT2D eigenvalue weighted by Crippen LogP contribution is 2.50. The Morgan fingerprint density at radius 3 is 2.65 bits per heavy atom. The Morgan fingerprint density at radius 1 is 1.47 bits per heavy atom. The first-order valence-corrected chi connectivity index (χ1v) is 5.98. The highest BCUT2D eigenvalue weighted by molar-refractivity contribution is 5.76. The van der Waals surface area contributed by atoms with Gasteiger partial charge in [0.1, 0.15) is 5.72 Å². The van der Waals surface area contributed by atoms with Gasteiger partial charge in [-0.3, -0.25) is 10.1 Å². The second-order valence-corrected chi connectivity index (χ2v) is 5.32. The van der Waals surface area contributed by atoms with Crippen LogP contribution in [0.2, 0.25) is 0 Å². The van der Waals surface area contributed by atoms with Gasteiger partial charge < -0.3 is 14.2 Å². The molecule has 4 unspecified atom stereocenters. The molecule has 1 heterocycles. The van der Waals surface area contributed by atoms with Gasteiger partial charge in [0, 0.05) is 19.1 Å². The largest absolute Gasteiger partial charge is 0.469 e. The second kappa shape index (κ2) is 4.55. The lowest BCUT2D eigenvalue weighted by atomic mass is 10.1. The van der Waals surface area contributed by atoms with E-state index < -0.39 is 0 Å². The van der Waals surface area contributed by atoms with Gasteiger partial charge in [-0.25, -0.2) is 0 Å². The van der Waals surface area contributed by atoms with E-state index in [1.165, 1.54) is 7.11 Å². The maximum Gasteiger partial charge on any atom is 0.309 e. The van der Waals surface area contributed by atoms with Crippen LogP contribution in [0.15, 0.2) is 0 Å². The molecule has 0 spiro atoms. The zero-order valence-electron chi connectivity index (χ0n) is 10.9. The van der Waals surface area contributed by atoms with E-state index in [1.807, 2.05) is 13.8 Å². The highest BCUT2D eigenvalue weighted by Gasteiger charge is 2.60. The van der Waals surface area contributed by atoms with Crippen molar-refractivity contribution >= 4 is 5.97 Å². The van der Waals surface area contributed by atoms with Gasteiger partial charge in [0.05, 0.1) is 26.2 Å². The molecular weight excluding hydrogens is 222 g/mol. The number of esters is 1. The Hall–Kier alpha value is -0.650. The van der Waals surface area contributed by atoms with Gasteiger partial charge in [-0.15, -0.1) is 0 Å². The van der Waals surface area contributed by atoms with Crippen LogP contribution in [0, 0.1) is 17.8 Å². The van der Waals surface area contributed by atoms with Crippen LogP contribution in [-0.4, -0.2) is 45.2 Å². The first-order chi connectivity index (χ1) is 8.00. The van der Waals surface area contributed by atoms with Crippen molar-refractivity contribution in [1.29, 1.82) is 0 Å². The minimum Gasteiger partial charge on any atom is -0.469 e. The zero-order valence-corrected chi connectivity index (χ0v) is 10.9. The summed E-state index contributed by atoms with van der Waals surface area (Å²) < 4.78 is 15.6. The lowest BCUT2D eigenvalue weighted by Gasteiger charge is -2.18. The lowest BCUT2D eigenvalue weighted by molar-refractivity contribution is -0.143. The van der Waals surface area contributed by atoms with Gasteiger partial charge in [0.2, 0.25) is 0 Å². The molecule has 0 aromatic heterocycles. The molecule has 2 rings (SSSR count). The molecule has 2 aliphatic rings. The van der Waals surface area contributed by atoms with Gasteiger partial charge in [0.25, 0.3) is 0 Å². The zero-order chi connectivity index (χ0) is 12.6. The van der Waals surface area contributed by atoms with Crippen LogP contribution in [0.4, 0.5) is 0 Å². The Bertz CT molecular complexity index is 305. The number of carbonyl (C=O) groups excluding carboxylic acids is 1. The van der Waals surface area contributed by atoms with E-state index in [0.29, 0.717) is 13.2 Å². The molecule has 98 valence electrons. The quantitative estimate of drug-likeness (QED) is 0.724. The van der Waals surface area contributed by atoms with Crippen LogP contribution in [0.1, 0.15) is 13.8 Å². The van der Waals surface area contributed by atoms with Crippen LogP contribution >= 0.6 is 0 Å². The highest BCUT2D eigenvalue weighted by atomic mass is 16.5. The minimum absolute atomic E-state index is 0.0463. The molecule has 1 saturated heterocycles. The molecule has 1 aliphatic carbocycles.